The van der Waals surface area contributed by atoms with E-state index < -0.39 is 20.0 Å². The Balaban J connectivity index is 1.44. The Hall–Kier alpha value is -5.88. The van der Waals surface area contributed by atoms with Crippen LogP contribution in [0.5, 0.6) is 11.5 Å². The molecular formula is C36H37N9O6S2. The monoisotopic (exact) mass is 755 g/mol. The van der Waals surface area contributed by atoms with E-state index in [1.165, 1.54) is 38.4 Å². The van der Waals surface area contributed by atoms with Crippen molar-refractivity contribution >= 4 is 54.7 Å². The molecule has 0 fully saturated rings. The second-order valence-corrected chi connectivity index (χ2v) is 15.3. The molecular weight excluding hydrogens is 719 g/mol. The van der Waals surface area contributed by atoms with Crippen LogP contribution in [0.15, 0.2) is 117 Å². The number of nitrogens with one attached hydrogen (secondary N) is 5. The summed E-state index contributed by atoms with van der Waals surface area (Å²) in [6, 6.07) is 27.6. The lowest BCUT2D eigenvalue weighted by Gasteiger charge is -2.20. The predicted octanol–water partition coefficient (Wildman–Crippen LogP) is 5.15. The van der Waals surface area contributed by atoms with Gasteiger partial charge < -0.3 is 14.8 Å². The Labute approximate surface area is 307 Å². The highest BCUT2D eigenvalue weighted by Crippen LogP contribution is 2.40. The first-order chi connectivity index (χ1) is 25.5. The van der Waals surface area contributed by atoms with Crippen molar-refractivity contribution in [3.8, 4) is 22.6 Å². The molecule has 1 aliphatic rings. The fraction of sp³-hybridized carbons (Fsp3) is 0.167. The highest BCUT2D eigenvalue weighted by Gasteiger charge is 2.21. The van der Waals surface area contributed by atoms with Crippen molar-refractivity contribution in [2.24, 2.45) is 10.2 Å². The quantitative estimate of drug-likeness (QED) is 0.0788. The zero-order valence-electron chi connectivity index (χ0n) is 29.2. The molecule has 5 N–H and O–H groups in total. The van der Waals surface area contributed by atoms with Crippen LogP contribution in [0.4, 0.5) is 23.3 Å². The van der Waals surface area contributed by atoms with E-state index in [-0.39, 0.29) is 15.7 Å². The van der Waals surface area contributed by atoms with E-state index >= 15 is 0 Å². The number of rotatable bonds is 13. The van der Waals surface area contributed by atoms with Gasteiger partial charge in [-0.15, -0.1) is 0 Å². The molecule has 0 spiro atoms. The second kappa shape index (κ2) is 15.8. The maximum Gasteiger partial charge on any atom is 0.240 e. The number of aromatic nitrogens is 2. The summed E-state index contributed by atoms with van der Waals surface area (Å²) in [4.78, 5) is 9.89. The molecule has 0 atom stereocenters. The van der Waals surface area contributed by atoms with Gasteiger partial charge in [0, 0.05) is 5.69 Å². The standard InChI is InChI=1S/C36H37N9O6S2/c1-23(25-10-15-29(16-11-25)52(46,47)37-3)42-44-34-33(27-14-19-31-32(22-27)51-21-20-50-31)35(41-36(40-34)39-28-8-6-5-7-9-28)45-43-24(2)26-12-17-30(18-13-26)53(48,49)38-4/h5-19,22,37-38H,20-21H2,1-4H3,(H3,39,40,41,44,45). The molecule has 0 radical (unpaired) electrons. The molecule has 17 heteroatoms. The van der Waals surface area contributed by atoms with Crippen molar-refractivity contribution in [3.63, 3.8) is 0 Å². The first-order valence-corrected chi connectivity index (χ1v) is 19.3. The molecule has 6 rings (SSSR count). The average molecular weight is 756 g/mol. The molecule has 1 aliphatic heterocycles. The minimum atomic E-state index is -3.61. The smallest absolute Gasteiger partial charge is 0.240 e. The van der Waals surface area contributed by atoms with Crippen LogP contribution in [0.1, 0.15) is 25.0 Å². The number of fused-ring (bicyclic) bond motifs is 1. The van der Waals surface area contributed by atoms with Crippen LogP contribution in [-0.4, -0.2) is 65.5 Å². The Morgan fingerprint density at radius 2 is 1.13 bits per heavy atom. The van der Waals surface area contributed by atoms with Crippen molar-refractivity contribution in [1.82, 2.24) is 19.4 Å². The summed E-state index contributed by atoms with van der Waals surface area (Å²) in [5.74, 6) is 1.99. The molecule has 53 heavy (non-hydrogen) atoms. The van der Waals surface area contributed by atoms with Crippen LogP contribution < -0.4 is 35.1 Å². The van der Waals surface area contributed by atoms with Crippen LogP contribution in [0.3, 0.4) is 0 Å². The lowest BCUT2D eigenvalue weighted by atomic mass is 10.1. The number of anilines is 4. The van der Waals surface area contributed by atoms with Crippen molar-refractivity contribution in [2.75, 3.05) is 43.5 Å². The van der Waals surface area contributed by atoms with Crippen LogP contribution in [-0.2, 0) is 20.0 Å². The number of para-hydroxylation sites is 1. The van der Waals surface area contributed by atoms with E-state index in [0.29, 0.717) is 70.0 Å². The third-order valence-electron chi connectivity index (χ3n) is 8.13. The van der Waals surface area contributed by atoms with Gasteiger partial charge in [-0.1, -0.05) is 48.5 Å². The van der Waals surface area contributed by atoms with E-state index in [1.807, 2.05) is 42.5 Å². The van der Waals surface area contributed by atoms with Gasteiger partial charge in [0.2, 0.25) is 26.0 Å². The summed E-state index contributed by atoms with van der Waals surface area (Å²) in [7, 11) is -4.50. The first kappa shape index (κ1) is 36.9. The zero-order chi connectivity index (χ0) is 37.6. The van der Waals surface area contributed by atoms with Crippen molar-refractivity contribution in [1.29, 1.82) is 0 Å². The number of nitrogens with zero attached hydrogens (tertiary/aromatic N) is 4. The fourth-order valence-electron chi connectivity index (χ4n) is 5.19. The van der Waals surface area contributed by atoms with Gasteiger partial charge in [0.25, 0.3) is 0 Å². The van der Waals surface area contributed by atoms with Gasteiger partial charge in [-0.05, 0) is 93.2 Å². The summed E-state index contributed by atoms with van der Waals surface area (Å²) >= 11 is 0. The first-order valence-electron chi connectivity index (χ1n) is 16.3. The van der Waals surface area contributed by atoms with Crippen molar-refractivity contribution in [2.45, 2.75) is 23.6 Å². The predicted molar refractivity (Wildman–Crippen MR) is 205 cm³/mol. The summed E-state index contributed by atoms with van der Waals surface area (Å²) in [5.41, 5.74) is 10.6. The fourth-order valence-corrected chi connectivity index (χ4v) is 6.65. The summed E-state index contributed by atoms with van der Waals surface area (Å²) in [6.07, 6.45) is 0. The Kier molecular flexibility index (Phi) is 11.0. The van der Waals surface area contributed by atoms with Gasteiger partial charge in [0.1, 0.15) is 13.2 Å². The third-order valence-corrected chi connectivity index (χ3v) is 11.0. The van der Waals surface area contributed by atoms with Gasteiger partial charge in [0.05, 0.1) is 26.8 Å². The number of hydrazone groups is 2. The van der Waals surface area contributed by atoms with Gasteiger partial charge in [-0.2, -0.15) is 20.2 Å². The number of hydrogen-bond acceptors (Lipinski definition) is 13. The normalized spacial score (nSPS) is 13.4. The summed E-state index contributed by atoms with van der Waals surface area (Å²) < 4.78 is 65.3. The molecule has 0 aliphatic carbocycles. The van der Waals surface area contributed by atoms with E-state index in [1.54, 1.807) is 44.2 Å². The maximum atomic E-state index is 12.3. The SMILES string of the molecule is CNS(=O)(=O)c1ccc(C(C)=NNc2nc(Nc3ccccc3)nc(NN=C(C)c3ccc(S(=O)(=O)NC)cc3)c2-c2ccc3c(c2)OCCO3)cc1. The minimum absolute atomic E-state index is 0.128. The van der Waals surface area contributed by atoms with Crippen LogP contribution in [0.25, 0.3) is 11.1 Å². The van der Waals surface area contributed by atoms with Crippen LogP contribution in [0, 0.1) is 0 Å². The molecule has 15 nitrogen and oxygen atoms in total. The number of hydrogen-bond donors (Lipinski definition) is 5. The molecule has 2 heterocycles. The molecule has 4 aromatic carbocycles. The minimum Gasteiger partial charge on any atom is -0.486 e. The van der Waals surface area contributed by atoms with Crippen molar-refractivity contribution < 1.29 is 26.3 Å². The molecule has 1 aromatic heterocycles. The Morgan fingerprint density at radius 1 is 0.642 bits per heavy atom. The largest absolute Gasteiger partial charge is 0.486 e. The average Bonchev–Trinajstić information content (AvgIpc) is 3.19. The van der Waals surface area contributed by atoms with Gasteiger partial charge in [-0.25, -0.2) is 26.3 Å². The van der Waals surface area contributed by atoms with E-state index in [2.05, 4.69) is 35.8 Å². The van der Waals surface area contributed by atoms with E-state index in [0.717, 1.165) is 5.69 Å². The topological polar surface area (TPSA) is 197 Å². The lowest BCUT2D eigenvalue weighted by molar-refractivity contribution is 0.171. The molecule has 0 bridgehead atoms. The summed E-state index contributed by atoms with van der Waals surface area (Å²) in [5, 5.41) is 12.5. The number of benzene rings is 4. The Bertz CT molecular complexity index is 2270. The summed E-state index contributed by atoms with van der Waals surface area (Å²) in [6.45, 7) is 4.38. The molecule has 0 amide bonds. The highest BCUT2D eigenvalue weighted by molar-refractivity contribution is 7.89. The third kappa shape index (κ3) is 8.61. The van der Waals surface area contributed by atoms with E-state index in [4.69, 9.17) is 19.4 Å². The van der Waals surface area contributed by atoms with Gasteiger partial charge >= 0.3 is 0 Å². The van der Waals surface area contributed by atoms with Crippen LogP contribution in [0.2, 0.25) is 0 Å². The van der Waals surface area contributed by atoms with Crippen molar-refractivity contribution in [3.05, 3.63) is 108 Å². The van der Waals surface area contributed by atoms with Gasteiger partial charge in [0.15, 0.2) is 23.1 Å². The number of sulfonamides is 2. The van der Waals surface area contributed by atoms with E-state index in [9.17, 15) is 16.8 Å². The number of ether oxygens (including phenoxy) is 2. The molecule has 0 saturated carbocycles. The zero-order valence-corrected chi connectivity index (χ0v) is 30.8. The molecule has 274 valence electrons. The molecule has 5 aromatic rings. The highest BCUT2D eigenvalue weighted by atomic mass is 32.2. The maximum absolute atomic E-state index is 12.3. The molecule has 0 unspecified atom stereocenters. The van der Waals surface area contributed by atoms with Gasteiger partial charge in [-0.3, -0.25) is 10.9 Å². The van der Waals surface area contributed by atoms with Crippen LogP contribution >= 0.6 is 0 Å². The lowest BCUT2D eigenvalue weighted by Crippen LogP contribution is -2.18. The molecule has 0 saturated heterocycles. The Morgan fingerprint density at radius 3 is 1.62 bits per heavy atom. The second-order valence-electron chi connectivity index (χ2n) is 11.6.